The van der Waals surface area contributed by atoms with E-state index in [1.54, 1.807) is 0 Å². The van der Waals surface area contributed by atoms with Crippen LogP contribution in [-0.2, 0) is 6.54 Å². The summed E-state index contributed by atoms with van der Waals surface area (Å²) in [5, 5.41) is 10.0. The van der Waals surface area contributed by atoms with Gasteiger partial charge in [-0.2, -0.15) is 0 Å². The maximum atomic E-state index is 10.0. The number of hydrogen-bond donors (Lipinski definition) is 1. The van der Waals surface area contributed by atoms with Crippen LogP contribution < -0.4 is 0 Å². The van der Waals surface area contributed by atoms with E-state index in [1.165, 1.54) is 5.56 Å². The summed E-state index contributed by atoms with van der Waals surface area (Å²) in [5.41, 5.74) is 1.82. The molecule has 3 heteroatoms. The summed E-state index contributed by atoms with van der Waals surface area (Å²) in [4.78, 5) is 6.79. The Morgan fingerprint density at radius 2 is 1.85 bits per heavy atom. The molecule has 0 bridgehead atoms. The van der Waals surface area contributed by atoms with Crippen molar-refractivity contribution in [1.82, 2.24) is 9.88 Å². The third kappa shape index (κ3) is 5.22. The van der Waals surface area contributed by atoms with Gasteiger partial charge in [0.1, 0.15) is 0 Å². The Bertz CT molecular complexity index is 373. The number of aliphatic hydroxyl groups is 1. The zero-order valence-corrected chi connectivity index (χ0v) is 13.7. The number of nitrogens with zero attached hydrogens (tertiary/aromatic N) is 2. The molecule has 2 heterocycles. The summed E-state index contributed by atoms with van der Waals surface area (Å²) < 4.78 is 0. The van der Waals surface area contributed by atoms with E-state index < -0.39 is 5.60 Å². The second-order valence-corrected chi connectivity index (χ2v) is 6.01. The van der Waals surface area contributed by atoms with Crippen molar-refractivity contribution in [2.75, 3.05) is 13.1 Å². The van der Waals surface area contributed by atoms with Crippen LogP contribution in [0, 0.1) is 12.8 Å². The predicted molar refractivity (Wildman–Crippen MR) is 84.6 cm³/mol. The molecule has 0 amide bonds. The van der Waals surface area contributed by atoms with Crippen molar-refractivity contribution in [3.63, 3.8) is 0 Å². The van der Waals surface area contributed by atoms with E-state index in [1.807, 2.05) is 40.8 Å². The van der Waals surface area contributed by atoms with Gasteiger partial charge in [-0.3, -0.25) is 9.88 Å². The fraction of sp³-hybridized carbons (Fsp3) is 0.706. The molecule has 0 aromatic carbocycles. The van der Waals surface area contributed by atoms with Crippen LogP contribution in [0.15, 0.2) is 18.3 Å². The Balaban J connectivity index is 0.000000956. The molecular weight excluding hydrogens is 248 g/mol. The van der Waals surface area contributed by atoms with E-state index in [4.69, 9.17) is 0 Å². The maximum Gasteiger partial charge on any atom is 0.0620 e. The summed E-state index contributed by atoms with van der Waals surface area (Å²) in [7, 11) is 0. The number of pyridine rings is 1. The van der Waals surface area contributed by atoms with Crippen LogP contribution in [0.5, 0.6) is 0 Å². The monoisotopic (exact) mass is 278 g/mol. The SMILES string of the molecule is CC.Cc1ccc(CN2CCC(C(C)(C)O)CC2)cn1. The van der Waals surface area contributed by atoms with E-state index in [0.717, 1.165) is 38.2 Å². The van der Waals surface area contributed by atoms with Crippen LogP contribution in [0.3, 0.4) is 0 Å². The predicted octanol–water partition coefficient (Wildman–Crippen LogP) is 3.40. The molecule has 2 rings (SSSR count). The van der Waals surface area contributed by atoms with Crippen molar-refractivity contribution in [3.05, 3.63) is 29.6 Å². The third-order valence-electron chi connectivity index (χ3n) is 3.97. The molecule has 1 aliphatic heterocycles. The van der Waals surface area contributed by atoms with Gasteiger partial charge in [-0.1, -0.05) is 19.9 Å². The summed E-state index contributed by atoms with van der Waals surface area (Å²) in [6, 6.07) is 4.23. The third-order valence-corrected chi connectivity index (χ3v) is 3.97. The highest BCUT2D eigenvalue weighted by Crippen LogP contribution is 2.28. The maximum absolute atomic E-state index is 10.0. The van der Waals surface area contributed by atoms with E-state index >= 15 is 0 Å². The first-order valence-electron chi connectivity index (χ1n) is 7.81. The molecule has 0 spiro atoms. The lowest BCUT2D eigenvalue weighted by atomic mass is 9.83. The van der Waals surface area contributed by atoms with Crippen LogP contribution in [0.1, 0.15) is 51.8 Å². The van der Waals surface area contributed by atoms with E-state index in [-0.39, 0.29) is 0 Å². The topological polar surface area (TPSA) is 36.4 Å². The first-order valence-corrected chi connectivity index (χ1v) is 7.81. The van der Waals surface area contributed by atoms with Gasteiger partial charge < -0.3 is 5.11 Å². The van der Waals surface area contributed by atoms with E-state index in [9.17, 15) is 5.11 Å². The number of rotatable bonds is 3. The fourth-order valence-electron chi connectivity index (χ4n) is 2.65. The van der Waals surface area contributed by atoms with Crippen molar-refractivity contribution in [1.29, 1.82) is 0 Å². The molecule has 0 saturated carbocycles. The lowest BCUT2D eigenvalue weighted by Crippen LogP contribution is -2.41. The first-order chi connectivity index (χ1) is 9.45. The summed E-state index contributed by atoms with van der Waals surface area (Å²) in [6.07, 6.45) is 4.14. The molecule has 1 aromatic rings. The highest BCUT2D eigenvalue weighted by molar-refractivity contribution is 5.13. The van der Waals surface area contributed by atoms with Crippen LogP contribution in [0.4, 0.5) is 0 Å². The van der Waals surface area contributed by atoms with Gasteiger partial charge in [-0.25, -0.2) is 0 Å². The van der Waals surface area contributed by atoms with E-state index in [2.05, 4.69) is 22.0 Å². The van der Waals surface area contributed by atoms with Gasteiger partial charge in [0.05, 0.1) is 5.60 Å². The lowest BCUT2D eigenvalue weighted by Gasteiger charge is -2.37. The van der Waals surface area contributed by atoms with Gasteiger partial charge in [0, 0.05) is 18.4 Å². The Kier molecular flexibility index (Phi) is 6.63. The minimum absolute atomic E-state index is 0.435. The molecule has 0 radical (unpaired) electrons. The van der Waals surface area contributed by atoms with Crippen LogP contribution in [0.25, 0.3) is 0 Å². The quantitative estimate of drug-likeness (QED) is 0.920. The molecule has 1 fully saturated rings. The number of aryl methyl sites for hydroxylation is 1. The molecule has 1 saturated heterocycles. The average Bonchev–Trinajstić information content (AvgIpc) is 2.43. The molecule has 0 unspecified atom stereocenters. The van der Waals surface area contributed by atoms with Crippen LogP contribution in [0.2, 0.25) is 0 Å². The molecule has 20 heavy (non-hydrogen) atoms. The smallest absolute Gasteiger partial charge is 0.0620 e. The Hall–Kier alpha value is -0.930. The molecular formula is C17H30N2O. The van der Waals surface area contributed by atoms with Crippen molar-refractivity contribution in [3.8, 4) is 0 Å². The first kappa shape index (κ1) is 17.1. The minimum Gasteiger partial charge on any atom is -0.390 e. The largest absolute Gasteiger partial charge is 0.390 e. The molecule has 114 valence electrons. The zero-order valence-electron chi connectivity index (χ0n) is 13.7. The van der Waals surface area contributed by atoms with E-state index in [0.29, 0.717) is 5.92 Å². The number of aromatic nitrogens is 1. The highest BCUT2D eigenvalue weighted by Gasteiger charge is 2.30. The lowest BCUT2D eigenvalue weighted by molar-refractivity contribution is -0.0136. The molecule has 0 atom stereocenters. The fourth-order valence-corrected chi connectivity index (χ4v) is 2.65. The van der Waals surface area contributed by atoms with Crippen molar-refractivity contribution in [2.24, 2.45) is 5.92 Å². The minimum atomic E-state index is -0.530. The number of likely N-dealkylation sites (tertiary alicyclic amines) is 1. The van der Waals surface area contributed by atoms with Crippen LogP contribution >= 0.6 is 0 Å². The second-order valence-electron chi connectivity index (χ2n) is 6.01. The Morgan fingerprint density at radius 3 is 2.30 bits per heavy atom. The van der Waals surface area contributed by atoms with Crippen molar-refractivity contribution in [2.45, 2.75) is 59.6 Å². The Labute approximate surface area is 124 Å². The summed E-state index contributed by atoms with van der Waals surface area (Å²) >= 11 is 0. The molecule has 1 aliphatic rings. The standard InChI is InChI=1S/C15H24N2O.C2H6/c1-12-4-5-13(10-16-12)11-17-8-6-14(7-9-17)15(2,3)18;1-2/h4-5,10,14,18H,6-9,11H2,1-3H3;1-2H3. The summed E-state index contributed by atoms with van der Waals surface area (Å²) in [5.74, 6) is 0.435. The average molecular weight is 278 g/mol. The van der Waals surface area contributed by atoms with Gasteiger partial charge >= 0.3 is 0 Å². The van der Waals surface area contributed by atoms with Gasteiger partial charge in [0.2, 0.25) is 0 Å². The molecule has 1 aromatic heterocycles. The van der Waals surface area contributed by atoms with Crippen LogP contribution in [-0.4, -0.2) is 33.7 Å². The highest BCUT2D eigenvalue weighted by atomic mass is 16.3. The van der Waals surface area contributed by atoms with Crippen molar-refractivity contribution < 1.29 is 5.11 Å². The normalized spacial score (nSPS) is 17.5. The molecule has 0 aliphatic carbocycles. The summed E-state index contributed by atoms with van der Waals surface area (Å²) in [6.45, 7) is 13.0. The molecule has 3 nitrogen and oxygen atoms in total. The van der Waals surface area contributed by atoms with Gasteiger partial charge in [0.15, 0.2) is 0 Å². The van der Waals surface area contributed by atoms with Crippen molar-refractivity contribution >= 4 is 0 Å². The number of piperidine rings is 1. The van der Waals surface area contributed by atoms with Gasteiger partial charge in [-0.15, -0.1) is 0 Å². The Morgan fingerprint density at radius 1 is 1.25 bits per heavy atom. The molecule has 1 N–H and O–H groups in total. The zero-order chi connectivity index (χ0) is 15.2. The van der Waals surface area contributed by atoms with Gasteiger partial charge in [-0.05, 0) is 64.3 Å². The van der Waals surface area contributed by atoms with Gasteiger partial charge in [0.25, 0.3) is 0 Å². The number of hydrogen-bond acceptors (Lipinski definition) is 3. The second kappa shape index (κ2) is 7.75.